The third kappa shape index (κ3) is 2.01. The number of alkyl halides is 1. The van der Waals surface area contributed by atoms with Crippen molar-refractivity contribution in [2.45, 2.75) is 6.17 Å². The molecule has 4 nitrogen and oxygen atoms in total. The summed E-state index contributed by atoms with van der Waals surface area (Å²) in [6.45, 7) is 0.804. The van der Waals surface area contributed by atoms with Gasteiger partial charge < -0.3 is 9.64 Å². The number of ether oxygens (including phenoxy) is 1. The van der Waals surface area contributed by atoms with E-state index in [2.05, 4.69) is 4.98 Å². The first-order valence-corrected chi connectivity index (χ1v) is 6.05. The van der Waals surface area contributed by atoms with Crippen molar-refractivity contribution in [2.24, 2.45) is 0 Å². The molecule has 0 atom stereocenters. The largest absolute Gasteiger partial charge is 0.465 e. The maximum Gasteiger partial charge on any atom is 0.338 e. The van der Waals surface area contributed by atoms with Crippen LogP contribution in [0.5, 0.6) is 0 Å². The van der Waals surface area contributed by atoms with Crippen molar-refractivity contribution in [1.29, 1.82) is 0 Å². The van der Waals surface area contributed by atoms with Gasteiger partial charge in [-0.3, -0.25) is 4.98 Å². The van der Waals surface area contributed by atoms with Crippen molar-refractivity contribution >= 4 is 22.6 Å². The fourth-order valence-electron chi connectivity index (χ4n) is 2.25. The Labute approximate surface area is 109 Å². The third-order valence-electron chi connectivity index (χ3n) is 3.33. The summed E-state index contributed by atoms with van der Waals surface area (Å²) in [7, 11) is 1.35. The second-order valence-electron chi connectivity index (χ2n) is 4.55. The number of halogens is 1. The summed E-state index contributed by atoms with van der Waals surface area (Å²) < 4.78 is 17.7. The smallest absolute Gasteiger partial charge is 0.338 e. The van der Waals surface area contributed by atoms with Crippen molar-refractivity contribution in [3.63, 3.8) is 0 Å². The summed E-state index contributed by atoms with van der Waals surface area (Å²) >= 11 is 0. The van der Waals surface area contributed by atoms with E-state index < -0.39 is 12.1 Å². The van der Waals surface area contributed by atoms with Gasteiger partial charge in [0, 0.05) is 17.3 Å². The molecule has 2 aromatic rings. The van der Waals surface area contributed by atoms with Crippen LogP contribution in [0, 0.1) is 0 Å². The van der Waals surface area contributed by atoms with Crippen LogP contribution >= 0.6 is 0 Å². The van der Waals surface area contributed by atoms with E-state index >= 15 is 0 Å². The fraction of sp³-hybridized carbons (Fsp3) is 0.286. The zero-order valence-electron chi connectivity index (χ0n) is 10.5. The zero-order valence-corrected chi connectivity index (χ0v) is 10.5. The number of benzene rings is 1. The molecule has 1 aromatic heterocycles. The van der Waals surface area contributed by atoms with E-state index in [1.54, 1.807) is 12.3 Å². The minimum absolute atomic E-state index is 0.392. The highest BCUT2D eigenvalue weighted by atomic mass is 19.1. The number of anilines is 1. The lowest BCUT2D eigenvalue weighted by atomic mass is 10.1. The molecule has 0 amide bonds. The maximum atomic E-state index is 12.9. The lowest BCUT2D eigenvalue weighted by molar-refractivity contribution is 0.0603. The average molecular weight is 260 g/mol. The Kier molecular flexibility index (Phi) is 2.81. The second-order valence-corrected chi connectivity index (χ2v) is 4.55. The van der Waals surface area contributed by atoms with Crippen LogP contribution in [0.4, 0.5) is 10.1 Å². The Balaban J connectivity index is 2.07. The minimum Gasteiger partial charge on any atom is -0.465 e. The fourth-order valence-corrected chi connectivity index (χ4v) is 2.25. The highest BCUT2D eigenvalue weighted by Crippen LogP contribution is 2.27. The SMILES string of the molecule is COC(=O)c1ccnc2ccc(N3CC(F)C3)cc12. The summed E-state index contributed by atoms with van der Waals surface area (Å²) in [6, 6.07) is 7.22. The van der Waals surface area contributed by atoms with Crippen LogP contribution in [-0.4, -0.2) is 37.3 Å². The second kappa shape index (κ2) is 4.50. The molecule has 1 aromatic carbocycles. The van der Waals surface area contributed by atoms with Gasteiger partial charge in [0.15, 0.2) is 0 Å². The van der Waals surface area contributed by atoms with Gasteiger partial charge in [-0.1, -0.05) is 0 Å². The molecule has 1 aliphatic rings. The molecule has 1 fully saturated rings. The number of pyridine rings is 1. The topological polar surface area (TPSA) is 42.4 Å². The number of carbonyl (C=O) groups excluding carboxylic acids is 1. The monoisotopic (exact) mass is 260 g/mol. The van der Waals surface area contributed by atoms with E-state index in [4.69, 9.17) is 4.74 Å². The van der Waals surface area contributed by atoms with Crippen molar-refractivity contribution in [3.8, 4) is 0 Å². The van der Waals surface area contributed by atoms with Crippen molar-refractivity contribution < 1.29 is 13.9 Å². The molecule has 0 unspecified atom stereocenters. The summed E-state index contributed by atoms with van der Waals surface area (Å²) in [5.41, 5.74) is 2.11. The Hall–Kier alpha value is -2.17. The molecule has 0 aliphatic carbocycles. The number of fused-ring (bicyclic) bond motifs is 1. The molecule has 3 rings (SSSR count). The van der Waals surface area contributed by atoms with Gasteiger partial charge in [0.25, 0.3) is 0 Å². The van der Waals surface area contributed by atoms with Crippen molar-refractivity contribution in [2.75, 3.05) is 25.1 Å². The summed E-state index contributed by atoms with van der Waals surface area (Å²) in [5.74, 6) is -0.392. The van der Waals surface area contributed by atoms with Crippen molar-refractivity contribution in [1.82, 2.24) is 4.98 Å². The normalized spacial score (nSPS) is 15.4. The first kappa shape index (κ1) is 11.9. The van der Waals surface area contributed by atoms with Gasteiger partial charge >= 0.3 is 5.97 Å². The quantitative estimate of drug-likeness (QED) is 0.776. The zero-order chi connectivity index (χ0) is 13.4. The van der Waals surface area contributed by atoms with Gasteiger partial charge in [0.05, 0.1) is 31.3 Å². The molecule has 0 bridgehead atoms. The van der Waals surface area contributed by atoms with E-state index in [-0.39, 0.29) is 0 Å². The van der Waals surface area contributed by atoms with Crippen molar-refractivity contribution in [3.05, 3.63) is 36.0 Å². The molecule has 1 aliphatic heterocycles. The average Bonchev–Trinajstić information content (AvgIpc) is 2.42. The molecule has 0 N–H and O–H groups in total. The van der Waals surface area contributed by atoms with Gasteiger partial charge in [0.1, 0.15) is 6.17 Å². The lowest BCUT2D eigenvalue weighted by Crippen LogP contribution is -2.48. The molecule has 2 heterocycles. The molecule has 0 radical (unpaired) electrons. The molecule has 0 spiro atoms. The van der Waals surface area contributed by atoms with Crippen LogP contribution in [0.1, 0.15) is 10.4 Å². The molecule has 98 valence electrons. The Morgan fingerprint density at radius 3 is 2.89 bits per heavy atom. The highest BCUT2D eigenvalue weighted by molar-refractivity contribution is 6.04. The molecule has 19 heavy (non-hydrogen) atoms. The van der Waals surface area contributed by atoms with Gasteiger partial charge in [-0.05, 0) is 24.3 Å². The molecule has 1 saturated heterocycles. The van der Waals surface area contributed by atoms with Gasteiger partial charge in [-0.25, -0.2) is 9.18 Å². The minimum atomic E-state index is -0.760. The van der Waals surface area contributed by atoms with Crippen LogP contribution in [0.25, 0.3) is 10.9 Å². The van der Waals surface area contributed by atoms with Gasteiger partial charge in [0.2, 0.25) is 0 Å². The lowest BCUT2D eigenvalue weighted by Gasteiger charge is -2.36. The predicted octanol–water partition coefficient (Wildman–Crippen LogP) is 2.18. The Morgan fingerprint density at radius 1 is 1.42 bits per heavy atom. The van der Waals surface area contributed by atoms with Crippen LogP contribution in [0.15, 0.2) is 30.5 Å². The number of esters is 1. The standard InChI is InChI=1S/C14H13FN2O2/c1-19-14(18)11-4-5-16-13-3-2-10(6-12(11)13)17-7-9(15)8-17/h2-6,9H,7-8H2,1H3. The highest BCUT2D eigenvalue weighted by Gasteiger charge is 2.26. The summed E-state index contributed by atoms with van der Waals surface area (Å²) in [5, 5.41) is 0.731. The first-order chi connectivity index (χ1) is 9.19. The van der Waals surface area contributed by atoms with E-state index in [9.17, 15) is 9.18 Å². The number of methoxy groups -OCH3 is 1. The maximum absolute atomic E-state index is 12.9. The number of rotatable bonds is 2. The van der Waals surface area contributed by atoms with Gasteiger partial charge in [-0.2, -0.15) is 0 Å². The number of aromatic nitrogens is 1. The number of carbonyl (C=O) groups is 1. The summed E-state index contributed by atoms with van der Waals surface area (Å²) in [6.07, 6.45) is 0.819. The molecular weight excluding hydrogens is 247 g/mol. The van der Waals surface area contributed by atoms with Gasteiger partial charge in [-0.15, -0.1) is 0 Å². The van der Waals surface area contributed by atoms with Crippen LogP contribution in [0.3, 0.4) is 0 Å². The van der Waals surface area contributed by atoms with E-state index in [1.807, 2.05) is 23.1 Å². The number of hydrogen-bond acceptors (Lipinski definition) is 4. The van der Waals surface area contributed by atoms with E-state index in [0.717, 1.165) is 16.6 Å². The number of hydrogen-bond donors (Lipinski definition) is 0. The number of nitrogens with zero attached hydrogens (tertiary/aromatic N) is 2. The van der Waals surface area contributed by atoms with E-state index in [0.29, 0.717) is 18.7 Å². The van der Waals surface area contributed by atoms with Crippen LogP contribution in [0.2, 0.25) is 0 Å². The molecular formula is C14H13FN2O2. The first-order valence-electron chi connectivity index (χ1n) is 6.05. The predicted molar refractivity (Wildman–Crippen MR) is 70.2 cm³/mol. The van der Waals surface area contributed by atoms with Crippen LogP contribution in [-0.2, 0) is 4.74 Å². The third-order valence-corrected chi connectivity index (χ3v) is 3.33. The van der Waals surface area contributed by atoms with Crippen LogP contribution < -0.4 is 4.90 Å². The van der Waals surface area contributed by atoms with E-state index in [1.165, 1.54) is 7.11 Å². The molecule has 5 heteroatoms. The molecule has 0 saturated carbocycles. The Bertz CT molecular complexity index is 638. The Morgan fingerprint density at radius 2 is 2.21 bits per heavy atom. The summed E-state index contributed by atoms with van der Waals surface area (Å²) in [4.78, 5) is 17.9.